The van der Waals surface area contributed by atoms with Crippen LogP contribution in [-0.2, 0) is 28.9 Å². The molecule has 0 aliphatic carbocycles. The second kappa shape index (κ2) is 9.07. The fourth-order valence-electron chi connectivity index (χ4n) is 3.06. The highest BCUT2D eigenvalue weighted by Crippen LogP contribution is 2.19. The molecule has 0 saturated carbocycles. The van der Waals surface area contributed by atoms with Crippen molar-refractivity contribution in [3.63, 3.8) is 0 Å². The van der Waals surface area contributed by atoms with E-state index in [4.69, 9.17) is 15.2 Å². The van der Waals surface area contributed by atoms with Crippen LogP contribution in [0.2, 0.25) is 0 Å². The van der Waals surface area contributed by atoms with Crippen LogP contribution >= 0.6 is 11.3 Å². The standard InChI is InChI=1S/C18H24N4O3S/c1-24-17-8-13(3-4-20-17)7-14-11-22(5-2-6-25-14)12-15-10-21-18(26-15)9-16(19)23/h3-4,8,10,14H,2,5-7,9,11-12H2,1H3,(H2,19,23). The van der Waals surface area contributed by atoms with Crippen LogP contribution in [0.4, 0.5) is 0 Å². The van der Waals surface area contributed by atoms with Gasteiger partial charge in [0.2, 0.25) is 11.8 Å². The summed E-state index contributed by atoms with van der Waals surface area (Å²) in [6, 6.07) is 3.96. The molecule has 2 aromatic rings. The number of pyridine rings is 1. The van der Waals surface area contributed by atoms with E-state index in [1.165, 1.54) is 0 Å². The molecule has 1 aliphatic heterocycles. The van der Waals surface area contributed by atoms with Crippen molar-refractivity contribution in [3.05, 3.63) is 40.0 Å². The number of amides is 1. The largest absolute Gasteiger partial charge is 0.481 e. The predicted octanol–water partition coefficient (Wildman–Crippen LogP) is 1.41. The lowest BCUT2D eigenvalue weighted by molar-refractivity contribution is -0.117. The fourth-order valence-corrected chi connectivity index (χ4v) is 4.04. The van der Waals surface area contributed by atoms with Gasteiger partial charge in [-0.25, -0.2) is 9.97 Å². The topological polar surface area (TPSA) is 90.6 Å². The SMILES string of the molecule is COc1cc(CC2CN(Cc3cnc(CC(N)=O)s3)CCCO2)ccn1. The number of hydrogen-bond acceptors (Lipinski definition) is 7. The Morgan fingerprint density at radius 3 is 3.19 bits per heavy atom. The van der Waals surface area contributed by atoms with Gasteiger partial charge < -0.3 is 15.2 Å². The second-order valence-electron chi connectivity index (χ2n) is 6.36. The minimum Gasteiger partial charge on any atom is -0.481 e. The van der Waals surface area contributed by atoms with Gasteiger partial charge in [0.05, 0.1) is 19.6 Å². The summed E-state index contributed by atoms with van der Waals surface area (Å²) in [5, 5.41) is 0.777. The Morgan fingerprint density at radius 2 is 2.38 bits per heavy atom. The number of hydrogen-bond donors (Lipinski definition) is 1. The molecule has 3 heterocycles. The first-order chi connectivity index (χ1) is 12.6. The van der Waals surface area contributed by atoms with Crippen molar-refractivity contribution in [1.82, 2.24) is 14.9 Å². The number of rotatable bonds is 7. The summed E-state index contributed by atoms with van der Waals surface area (Å²) in [5.41, 5.74) is 6.40. The van der Waals surface area contributed by atoms with Crippen molar-refractivity contribution < 1.29 is 14.3 Å². The van der Waals surface area contributed by atoms with Gasteiger partial charge in [-0.15, -0.1) is 11.3 Å². The molecule has 1 amide bonds. The van der Waals surface area contributed by atoms with E-state index in [0.29, 0.717) is 5.88 Å². The average Bonchev–Trinajstić information content (AvgIpc) is 2.92. The third-order valence-electron chi connectivity index (χ3n) is 4.21. The van der Waals surface area contributed by atoms with Gasteiger partial charge in [-0.1, -0.05) is 0 Å². The molecule has 0 aromatic carbocycles. The lowest BCUT2D eigenvalue weighted by atomic mass is 10.1. The van der Waals surface area contributed by atoms with Crippen molar-refractivity contribution >= 4 is 17.2 Å². The van der Waals surface area contributed by atoms with Gasteiger partial charge in [-0.05, 0) is 18.1 Å². The number of ether oxygens (including phenoxy) is 2. The Bertz CT molecular complexity index is 737. The molecule has 1 unspecified atom stereocenters. The van der Waals surface area contributed by atoms with E-state index in [9.17, 15) is 4.79 Å². The summed E-state index contributed by atoms with van der Waals surface area (Å²) in [6.45, 7) is 3.42. The third-order valence-corrected chi connectivity index (χ3v) is 5.19. The molecule has 1 atom stereocenters. The molecule has 2 N–H and O–H groups in total. The van der Waals surface area contributed by atoms with Crippen molar-refractivity contribution in [1.29, 1.82) is 0 Å². The normalized spacial score (nSPS) is 18.4. The molecule has 0 radical (unpaired) electrons. The lowest BCUT2D eigenvalue weighted by Crippen LogP contribution is -2.32. The zero-order valence-electron chi connectivity index (χ0n) is 14.9. The molecule has 7 nitrogen and oxygen atoms in total. The molecular formula is C18H24N4O3S. The number of carbonyl (C=O) groups is 1. The predicted molar refractivity (Wildman–Crippen MR) is 99.1 cm³/mol. The number of aromatic nitrogens is 2. The van der Waals surface area contributed by atoms with Gasteiger partial charge in [0, 0.05) is 56.0 Å². The zero-order chi connectivity index (χ0) is 18.4. The highest BCUT2D eigenvalue weighted by molar-refractivity contribution is 7.11. The molecule has 1 saturated heterocycles. The first-order valence-electron chi connectivity index (χ1n) is 8.67. The van der Waals surface area contributed by atoms with E-state index in [1.807, 2.05) is 18.3 Å². The van der Waals surface area contributed by atoms with E-state index in [2.05, 4.69) is 14.9 Å². The number of nitrogens with zero attached hydrogens (tertiary/aromatic N) is 3. The lowest BCUT2D eigenvalue weighted by Gasteiger charge is -2.23. The Balaban J connectivity index is 1.59. The van der Waals surface area contributed by atoms with E-state index in [0.717, 1.165) is 54.5 Å². The maximum Gasteiger partial charge on any atom is 0.224 e. The summed E-state index contributed by atoms with van der Waals surface area (Å²) in [4.78, 5) is 23.0. The summed E-state index contributed by atoms with van der Waals surface area (Å²) < 4.78 is 11.2. The molecule has 1 aliphatic rings. The fraction of sp³-hybridized carbons (Fsp3) is 0.500. The highest BCUT2D eigenvalue weighted by atomic mass is 32.1. The van der Waals surface area contributed by atoms with Gasteiger partial charge in [-0.3, -0.25) is 9.69 Å². The number of nitrogens with two attached hydrogens (primary N) is 1. The maximum absolute atomic E-state index is 11.0. The Labute approximate surface area is 157 Å². The van der Waals surface area contributed by atoms with Crippen LogP contribution < -0.4 is 10.5 Å². The number of primary amides is 1. The van der Waals surface area contributed by atoms with E-state index in [1.54, 1.807) is 24.6 Å². The minimum absolute atomic E-state index is 0.127. The van der Waals surface area contributed by atoms with Crippen LogP contribution in [0.25, 0.3) is 0 Å². The minimum atomic E-state index is -0.345. The summed E-state index contributed by atoms with van der Waals surface area (Å²) in [5.74, 6) is 0.279. The van der Waals surface area contributed by atoms with Gasteiger partial charge in [0.15, 0.2) is 0 Å². The van der Waals surface area contributed by atoms with Crippen LogP contribution in [0.5, 0.6) is 5.88 Å². The van der Waals surface area contributed by atoms with Gasteiger partial charge in [0.1, 0.15) is 5.01 Å². The maximum atomic E-state index is 11.0. The van der Waals surface area contributed by atoms with Crippen molar-refractivity contribution in [2.24, 2.45) is 5.73 Å². The van der Waals surface area contributed by atoms with Gasteiger partial charge in [0.25, 0.3) is 0 Å². The molecule has 3 rings (SSSR count). The van der Waals surface area contributed by atoms with E-state index >= 15 is 0 Å². The monoisotopic (exact) mass is 376 g/mol. The summed E-state index contributed by atoms with van der Waals surface area (Å²) >= 11 is 1.55. The second-order valence-corrected chi connectivity index (χ2v) is 7.56. The van der Waals surface area contributed by atoms with Crippen molar-refractivity contribution in [2.75, 3.05) is 26.8 Å². The molecule has 26 heavy (non-hydrogen) atoms. The summed E-state index contributed by atoms with van der Waals surface area (Å²) in [6.07, 6.45) is 5.77. The number of thiazole rings is 1. The van der Waals surface area contributed by atoms with Crippen LogP contribution in [0, 0.1) is 0 Å². The first kappa shape index (κ1) is 18.8. The molecule has 8 heteroatoms. The van der Waals surface area contributed by atoms with Crippen molar-refractivity contribution in [3.8, 4) is 5.88 Å². The van der Waals surface area contributed by atoms with Crippen LogP contribution in [-0.4, -0.2) is 53.7 Å². The quantitative estimate of drug-likeness (QED) is 0.786. The Morgan fingerprint density at radius 1 is 1.50 bits per heavy atom. The van der Waals surface area contributed by atoms with Crippen LogP contribution in [0.3, 0.4) is 0 Å². The Kier molecular flexibility index (Phi) is 6.54. The molecule has 0 bridgehead atoms. The highest BCUT2D eigenvalue weighted by Gasteiger charge is 2.20. The first-order valence-corrected chi connectivity index (χ1v) is 9.49. The molecule has 2 aromatic heterocycles. The number of methoxy groups -OCH3 is 1. The Hall–Kier alpha value is -2.03. The smallest absolute Gasteiger partial charge is 0.224 e. The van der Waals surface area contributed by atoms with Crippen LogP contribution in [0.15, 0.2) is 24.5 Å². The molecule has 1 fully saturated rings. The third kappa shape index (κ3) is 5.48. The van der Waals surface area contributed by atoms with E-state index < -0.39 is 0 Å². The van der Waals surface area contributed by atoms with Crippen molar-refractivity contribution in [2.45, 2.75) is 31.9 Å². The van der Waals surface area contributed by atoms with Crippen LogP contribution in [0.1, 0.15) is 21.9 Å². The molecular weight excluding hydrogens is 352 g/mol. The van der Waals surface area contributed by atoms with Gasteiger partial charge >= 0.3 is 0 Å². The zero-order valence-corrected chi connectivity index (χ0v) is 15.7. The summed E-state index contributed by atoms with van der Waals surface area (Å²) in [7, 11) is 1.62. The molecule has 140 valence electrons. The van der Waals surface area contributed by atoms with E-state index in [-0.39, 0.29) is 18.4 Å². The average molecular weight is 376 g/mol. The number of carbonyl (C=O) groups excluding carboxylic acids is 1. The molecule has 0 spiro atoms. The van der Waals surface area contributed by atoms with Gasteiger partial charge in [-0.2, -0.15) is 0 Å².